The summed E-state index contributed by atoms with van der Waals surface area (Å²) in [5.74, 6) is -0.500. The van der Waals surface area contributed by atoms with Crippen LogP contribution in [0.2, 0.25) is 0 Å². The Morgan fingerprint density at radius 3 is 2.90 bits per heavy atom. The van der Waals surface area contributed by atoms with Crippen molar-refractivity contribution in [3.63, 3.8) is 0 Å². The molecule has 0 aromatic carbocycles. The van der Waals surface area contributed by atoms with Gasteiger partial charge in [0.15, 0.2) is 0 Å². The SMILES string of the molecule is CCOCc1nc(C(=O)N2CCCC3(CC3)S2(=O)=O)cs1. The Morgan fingerprint density at radius 1 is 1.48 bits per heavy atom. The van der Waals surface area contributed by atoms with Gasteiger partial charge in [-0.3, -0.25) is 4.79 Å². The van der Waals surface area contributed by atoms with Crippen molar-refractivity contribution in [3.05, 3.63) is 16.1 Å². The average Bonchev–Trinajstić information content (AvgIpc) is 3.09. The van der Waals surface area contributed by atoms with Crippen LogP contribution in [0.25, 0.3) is 0 Å². The number of ether oxygens (including phenoxy) is 1. The highest BCUT2D eigenvalue weighted by atomic mass is 32.2. The molecule has 0 radical (unpaired) electrons. The summed E-state index contributed by atoms with van der Waals surface area (Å²) in [5, 5.41) is 2.30. The van der Waals surface area contributed by atoms with Gasteiger partial charge < -0.3 is 4.74 Å². The minimum Gasteiger partial charge on any atom is -0.375 e. The molecular formula is C13H18N2O4S2. The molecule has 1 saturated carbocycles. The summed E-state index contributed by atoms with van der Waals surface area (Å²) in [7, 11) is -3.53. The van der Waals surface area contributed by atoms with E-state index in [1.807, 2.05) is 6.92 Å². The molecule has 0 N–H and O–H groups in total. The first kappa shape index (κ1) is 14.9. The fourth-order valence-corrected chi connectivity index (χ4v) is 5.55. The summed E-state index contributed by atoms with van der Waals surface area (Å²) in [4.78, 5) is 16.7. The van der Waals surface area contributed by atoms with Crippen LogP contribution in [0.1, 0.15) is 48.1 Å². The maximum Gasteiger partial charge on any atom is 0.286 e. The van der Waals surface area contributed by atoms with Gasteiger partial charge in [0.25, 0.3) is 5.91 Å². The van der Waals surface area contributed by atoms with Crippen molar-refractivity contribution < 1.29 is 17.9 Å². The van der Waals surface area contributed by atoms with Gasteiger partial charge in [0.2, 0.25) is 10.0 Å². The molecule has 0 atom stereocenters. The van der Waals surface area contributed by atoms with Crippen LogP contribution < -0.4 is 0 Å². The van der Waals surface area contributed by atoms with Crippen LogP contribution in [0.15, 0.2) is 5.38 Å². The highest BCUT2D eigenvalue weighted by molar-refractivity contribution is 7.91. The Morgan fingerprint density at radius 2 is 2.24 bits per heavy atom. The lowest BCUT2D eigenvalue weighted by Crippen LogP contribution is -2.48. The van der Waals surface area contributed by atoms with E-state index in [0.29, 0.717) is 37.5 Å². The second-order valence-corrected chi connectivity index (χ2v) is 8.63. The maximum absolute atomic E-state index is 12.5. The van der Waals surface area contributed by atoms with Gasteiger partial charge in [-0.15, -0.1) is 11.3 Å². The van der Waals surface area contributed by atoms with Gasteiger partial charge in [-0.05, 0) is 32.6 Å². The van der Waals surface area contributed by atoms with Crippen LogP contribution in [-0.2, 0) is 21.4 Å². The third kappa shape index (κ3) is 2.49. The van der Waals surface area contributed by atoms with Gasteiger partial charge in [0.1, 0.15) is 10.7 Å². The van der Waals surface area contributed by atoms with Crippen LogP contribution >= 0.6 is 11.3 Å². The monoisotopic (exact) mass is 330 g/mol. The molecule has 8 heteroatoms. The predicted molar refractivity (Wildman–Crippen MR) is 78.6 cm³/mol. The molecule has 1 spiro atoms. The quantitative estimate of drug-likeness (QED) is 0.841. The first-order chi connectivity index (χ1) is 10.00. The fraction of sp³-hybridized carbons (Fsp3) is 0.692. The van der Waals surface area contributed by atoms with E-state index < -0.39 is 20.7 Å². The number of carbonyl (C=O) groups excluding carboxylic acids is 1. The highest BCUT2D eigenvalue weighted by Crippen LogP contribution is 2.51. The average molecular weight is 330 g/mol. The molecule has 1 aromatic heterocycles. The Hall–Kier alpha value is -0.990. The number of hydrogen-bond donors (Lipinski definition) is 0. The lowest BCUT2D eigenvalue weighted by Gasteiger charge is -2.32. The molecule has 0 unspecified atom stereocenters. The number of carbonyl (C=O) groups is 1. The van der Waals surface area contributed by atoms with E-state index in [4.69, 9.17) is 4.74 Å². The Kier molecular flexibility index (Phi) is 3.79. The Bertz CT molecular complexity index is 649. The number of thiazole rings is 1. The minimum absolute atomic E-state index is 0.205. The standard InChI is InChI=1S/C13H18N2O4S2/c1-2-19-8-11-14-10(9-20-11)12(16)15-7-3-4-13(5-6-13)21(15,17)18/h9H,2-8H2,1H3. The van der Waals surface area contributed by atoms with Crippen molar-refractivity contribution in [2.75, 3.05) is 13.2 Å². The van der Waals surface area contributed by atoms with Crippen molar-refractivity contribution in [2.45, 2.75) is 44.0 Å². The third-order valence-corrected chi connectivity index (χ3v) is 7.52. The summed E-state index contributed by atoms with van der Waals surface area (Å²) < 4.78 is 30.7. The summed E-state index contributed by atoms with van der Waals surface area (Å²) >= 11 is 1.32. The Labute approximate surface area is 128 Å². The molecule has 2 heterocycles. The van der Waals surface area contributed by atoms with Gasteiger partial charge in [-0.2, -0.15) is 0 Å². The van der Waals surface area contributed by atoms with Gasteiger partial charge in [-0.1, -0.05) is 0 Å². The van der Waals surface area contributed by atoms with Crippen LogP contribution in [0.4, 0.5) is 0 Å². The number of amides is 1. The van der Waals surface area contributed by atoms with Crippen LogP contribution in [0, 0.1) is 0 Å². The normalized spacial score (nSPS) is 22.4. The smallest absolute Gasteiger partial charge is 0.286 e. The molecule has 1 saturated heterocycles. The van der Waals surface area contributed by atoms with Crippen LogP contribution in [0.3, 0.4) is 0 Å². The number of hydrogen-bond acceptors (Lipinski definition) is 6. The van der Waals surface area contributed by atoms with E-state index in [1.165, 1.54) is 11.3 Å². The molecule has 6 nitrogen and oxygen atoms in total. The second kappa shape index (κ2) is 5.33. The van der Waals surface area contributed by atoms with E-state index in [0.717, 1.165) is 10.7 Å². The molecule has 1 amide bonds. The number of rotatable bonds is 4. The maximum atomic E-state index is 12.5. The van der Waals surface area contributed by atoms with Gasteiger partial charge in [0.05, 0.1) is 11.4 Å². The fourth-order valence-electron chi connectivity index (χ4n) is 2.68. The van der Waals surface area contributed by atoms with Gasteiger partial charge in [0, 0.05) is 18.5 Å². The first-order valence-corrected chi connectivity index (χ1v) is 9.41. The zero-order chi connectivity index (χ0) is 15.1. The summed E-state index contributed by atoms with van der Waals surface area (Å²) in [6.07, 6.45) is 2.75. The molecule has 3 rings (SSSR count). The second-order valence-electron chi connectivity index (χ2n) is 5.43. The number of aromatic nitrogens is 1. The zero-order valence-corrected chi connectivity index (χ0v) is 13.5. The van der Waals surface area contributed by atoms with Gasteiger partial charge >= 0.3 is 0 Å². The molecule has 2 fully saturated rings. The lowest BCUT2D eigenvalue weighted by molar-refractivity contribution is 0.0845. The summed E-state index contributed by atoms with van der Waals surface area (Å²) in [6.45, 7) is 3.08. The summed E-state index contributed by atoms with van der Waals surface area (Å²) in [6, 6.07) is 0. The molecule has 0 bridgehead atoms. The van der Waals surface area contributed by atoms with E-state index >= 15 is 0 Å². The van der Waals surface area contributed by atoms with Crippen LogP contribution in [0.5, 0.6) is 0 Å². The number of nitrogens with zero attached hydrogens (tertiary/aromatic N) is 2. The van der Waals surface area contributed by atoms with Crippen molar-refractivity contribution in [3.8, 4) is 0 Å². The van der Waals surface area contributed by atoms with Gasteiger partial charge in [-0.25, -0.2) is 17.7 Å². The molecule has 2 aliphatic rings. The van der Waals surface area contributed by atoms with Crippen molar-refractivity contribution >= 4 is 27.3 Å². The largest absolute Gasteiger partial charge is 0.375 e. The topological polar surface area (TPSA) is 76.6 Å². The van der Waals surface area contributed by atoms with E-state index in [2.05, 4.69) is 4.98 Å². The van der Waals surface area contributed by atoms with Crippen molar-refractivity contribution in [1.29, 1.82) is 0 Å². The van der Waals surface area contributed by atoms with E-state index in [9.17, 15) is 13.2 Å². The molecule has 1 aliphatic carbocycles. The zero-order valence-electron chi connectivity index (χ0n) is 11.9. The van der Waals surface area contributed by atoms with E-state index in [-0.39, 0.29) is 12.2 Å². The molecular weight excluding hydrogens is 312 g/mol. The molecule has 116 valence electrons. The Balaban J connectivity index is 1.80. The van der Waals surface area contributed by atoms with Crippen molar-refractivity contribution in [1.82, 2.24) is 9.29 Å². The third-order valence-electron chi connectivity index (χ3n) is 4.07. The molecule has 21 heavy (non-hydrogen) atoms. The van der Waals surface area contributed by atoms with Crippen LogP contribution in [-0.4, -0.2) is 41.5 Å². The highest BCUT2D eigenvalue weighted by Gasteiger charge is 2.59. The molecule has 1 aliphatic heterocycles. The number of sulfonamides is 1. The van der Waals surface area contributed by atoms with Crippen molar-refractivity contribution in [2.24, 2.45) is 0 Å². The predicted octanol–water partition coefficient (Wildman–Crippen LogP) is 1.78. The lowest BCUT2D eigenvalue weighted by atomic mass is 10.2. The first-order valence-electron chi connectivity index (χ1n) is 7.09. The minimum atomic E-state index is -3.53. The van der Waals surface area contributed by atoms with E-state index in [1.54, 1.807) is 5.38 Å². The summed E-state index contributed by atoms with van der Waals surface area (Å²) in [5.41, 5.74) is 0.205. The molecule has 1 aromatic rings.